The topological polar surface area (TPSA) is 70.1 Å². The lowest BCUT2D eigenvalue weighted by Gasteiger charge is -2.35. The quantitative estimate of drug-likeness (QED) is 0.845. The highest BCUT2D eigenvalue weighted by atomic mass is 19.4. The lowest BCUT2D eigenvalue weighted by molar-refractivity contribution is -0.149. The van der Waals surface area contributed by atoms with Crippen LogP contribution in [-0.2, 0) is 15.7 Å². The molecule has 1 aromatic heterocycles. The van der Waals surface area contributed by atoms with E-state index in [2.05, 4.69) is 9.84 Å². The fraction of sp³-hybridized carbons (Fsp3) is 0.667. The van der Waals surface area contributed by atoms with Crippen LogP contribution in [0.25, 0.3) is 0 Å². The molecule has 0 bridgehead atoms. The van der Waals surface area contributed by atoms with Gasteiger partial charge >= 0.3 is 12.1 Å². The zero-order valence-electron chi connectivity index (χ0n) is 11.0. The Morgan fingerprint density at radius 3 is 2.85 bits per heavy atom. The smallest absolute Gasteiger partial charge is 0.419 e. The Kier molecular flexibility index (Phi) is 3.77. The van der Waals surface area contributed by atoms with Crippen molar-refractivity contribution in [2.75, 3.05) is 7.11 Å². The Balaban J connectivity index is 2.17. The van der Waals surface area contributed by atoms with Crippen molar-refractivity contribution in [3.05, 3.63) is 18.0 Å². The third-order valence-electron chi connectivity index (χ3n) is 3.65. The van der Waals surface area contributed by atoms with Gasteiger partial charge in [-0.15, -0.1) is 0 Å². The highest BCUT2D eigenvalue weighted by Crippen LogP contribution is 2.36. The van der Waals surface area contributed by atoms with Gasteiger partial charge in [-0.2, -0.15) is 18.3 Å². The number of alkyl halides is 3. The molecule has 2 unspecified atom stereocenters. The standard InChI is InChI=1S/C12H16F3N3O2/c1-20-10(19)11(16)4-2-3-9(5-11)18-7-8(6-17-18)12(13,14)15/h6-7,9H,2-5,16H2,1H3. The number of esters is 1. The minimum Gasteiger partial charge on any atom is -0.468 e. The molecular weight excluding hydrogens is 275 g/mol. The van der Waals surface area contributed by atoms with Gasteiger partial charge in [0.1, 0.15) is 5.54 Å². The first kappa shape index (κ1) is 14.8. The Labute approximate surface area is 113 Å². The lowest BCUT2D eigenvalue weighted by atomic mass is 9.80. The van der Waals surface area contributed by atoms with Crippen LogP contribution in [-0.4, -0.2) is 28.4 Å². The largest absolute Gasteiger partial charge is 0.468 e. The second-order valence-electron chi connectivity index (χ2n) is 5.10. The minimum atomic E-state index is -4.42. The highest BCUT2D eigenvalue weighted by Gasteiger charge is 2.41. The Hall–Kier alpha value is -1.57. The van der Waals surface area contributed by atoms with E-state index in [4.69, 9.17) is 5.73 Å². The maximum absolute atomic E-state index is 12.6. The fourth-order valence-electron chi connectivity index (χ4n) is 2.58. The molecule has 1 heterocycles. The van der Waals surface area contributed by atoms with E-state index in [1.54, 1.807) is 0 Å². The van der Waals surface area contributed by atoms with E-state index in [-0.39, 0.29) is 12.5 Å². The summed E-state index contributed by atoms with van der Waals surface area (Å²) in [5, 5.41) is 3.75. The van der Waals surface area contributed by atoms with Crippen molar-refractivity contribution in [3.8, 4) is 0 Å². The monoisotopic (exact) mass is 291 g/mol. The first-order valence-electron chi connectivity index (χ1n) is 6.25. The predicted molar refractivity (Wildman–Crippen MR) is 63.7 cm³/mol. The maximum atomic E-state index is 12.6. The molecule has 1 aliphatic rings. The molecule has 2 rings (SSSR count). The van der Waals surface area contributed by atoms with Crippen LogP contribution >= 0.6 is 0 Å². The molecule has 20 heavy (non-hydrogen) atoms. The van der Waals surface area contributed by atoms with Gasteiger partial charge in [0.2, 0.25) is 0 Å². The van der Waals surface area contributed by atoms with Crippen LogP contribution < -0.4 is 5.73 Å². The summed E-state index contributed by atoms with van der Waals surface area (Å²) in [7, 11) is 1.25. The highest BCUT2D eigenvalue weighted by molar-refractivity contribution is 5.80. The van der Waals surface area contributed by atoms with Crippen LogP contribution in [0.5, 0.6) is 0 Å². The minimum absolute atomic E-state index is 0.221. The molecule has 8 heteroatoms. The van der Waals surface area contributed by atoms with Crippen molar-refractivity contribution in [3.63, 3.8) is 0 Å². The zero-order valence-corrected chi connectivity index (χ0v) is 11.0. The van der Waals surface area contributed by atoms with Crippen molar-refractivity contribution in [1.29, 1.82) is 0 Å². The van der Waals surface area contributed by atoms with E-state index in [1.807, 2.05) is 0 Å². The number of nitrogens with two attached hydrogens (primary N) is 1. The number of hydrogen-bond donors (Lipinski definition) is 1. The third kappa shape index (κ3) is 2.79. The second-order valence-corrected chi connectivity index (χ2v) is 5.10. The second kappa shape index (κ2) is 5.08. The summed E-state index contributed by atoms with van der Waals surface area (Å²) in [5.41, 5.74) is 4.04. The molecule has 0 saturated heterocycles. The normalized spacial score (nSPS) is 27.4. The third-order valence-corrected chi connectivity index (χ3v) is 3.65. The molecule has 0 radical (unpaired) electrons. The summed E-state index contributed by atoms with van der Waals surface area (Å²) in [6, 6.07) is -0.330. The maximum Gasteiger partial charge on any atom is 0.419 e. The molecule has 1 aliphatic carbocycles. The average Bonchev–Trinajstić information content (AvgIpc) is 2.87. The number of halogens is 3. The molecule has 0 aromatic carbocycles. The number of carbonyl (C=O) groups is 1. The summed E-state index contributed by atoms with van der Waals surface area (Å²) in [4.78, 5) is 11.7. The van der Waals surface area contributed by atoms with E-state index in [1.165, 1.54) is 11.8 Å². The SMILES string of the molecule is COC(=O)C1(N)CCCC(n2cc(C(F)(F)F)cn2)C1. The van der Waals surface area contributed by atoms with Crippen molar-refractivity contribution in [1.82, 2.24) is 9.78 Å². The van der Waals surface area contributed by atoms with Gasteiger partial charge in [-0.25, -0.2) is 0 Å². The Bertz CT molecular complexity index is 500. The number of hydrogen-bond acceptors (Lipinski definition) is 4. The number of ether oxygens (including phenoxy) is 1. The van der Waals surface area contributed by atoms with Crippen molar-refractivity contribution >= 4 is 5.97 Å². The van der Waals surface area contributed by atoms with Crippen LogP contribution in [0.15, 0.2) is 12.4 Å². The summed E-state index contributed by atoms with van der Waals surface area (Å²) in [6.45, 7) is 0. The molecule has 1 aromatic rings. The Morgan fingerprint density at radius 1 is 1.60 bits per heavy atom. The first-order chi connectivity index (χ1) is 9.26. The summed E-state index contributed by atoms with van der Waals surface area (Å²) >= 11 is 0. The fourth-order valence-corrected chi connectivity index (χ4v) is 2.58. The van der Waals surface area contributed by atoms with E-state index < -0.39 is 23.2 Å². The summed E-state index contributed by atoms with van der Waals surface area (Å²) < 4.78 is 43.6. The molecule has 0 aliphatic heterocycles. The number of aromatic nitrogens is 2. The number of methoxy groups -OCH3 is 1. The average molecular weight is 291 g/mol. The van der Waals surface area contributed by atoms with Crippen LogP contribution in [0.4, 0.5) is 13.2 Å². The molecule has 112 valence electrons. The van der Waals surface area contributed by atoms with Crippen LogP contribution in [0, 0.1) is 0 Å². The Morgan fingerprint density at radius 2 is 2.30 bits per heavy atom. The van der Waals surface area contributed by atoms with E-state index in [0.717, 1.165) is 12.4 Å². The van der Waals surface area contributed by atoms with Gasteiger partial charge in [0, 0.05) is 6.20 Å². The number of nitrogens with zero attached hydrogens (tertiary/aromatic N) is 2. The van der Waals surface area contributed by atoms with Crippen LogP contribution in [0.3, 0.4) is 0 Å². The molecule has 0 spiro atoms. The van der Waals surface area contributed by atoms with Gasteiger partial charge in [0.05, 0.1) is 24.9 Å². The van der Waals surface area contributed by atoms with E-state index in [0.29, 0.717) is 19.3 Å². The molecule has 1 fully saturated rings. The van der Waals surface area contributed by atoms with Gasteiger partial charge < -0.3 is 10.5 Å². The van der Waals surface area contributed by atoms with Gasteiger partial charge in [-0.1, -0.05) is 0 Å². The van der Waals surface area contributed by atoms with E-state index in [9.17, 15) is 18.0 Å². The molecular formula is C12H16F3N3O2. The van der Waals surface area contributed by atoms with Gasteiger partial charge in [0.25, 0.3) is 0 Å². The summed E-state index contributed by atoms with van der Waals surface area (Å²) in [5.74, 6) is -0.537. The zero-order chi connectivity index (χ0) is 15.0. The first-order valence-corrected chi connectivity index (χ1v) is 6.25. The number of rotatable bonds is 2. The van der Waals surface area contributed by atoms with Crippen LogP contribution in [0.1, 0.15) is 37.3 Å². The van der Waals surface area contributed by atoms with Crippen molar-refractivity contribution < 1.29 is 22.7 Å². The van der Waals surface area contributed by atoms with Crippen molar-refractivity contribution in [2.45, 2.75) is 43.4 Å². The van der Waals surface area contributed by atoms with Crippen molar-refractivity contribution in [2.24, 2.45) is 5.73 Å². The van der Waals surface area contributed by atoms with Gasteiger partial charge in [-0.05, 0) is 25.7 Å². The van der Waals surface area contributed by atoms with Crippen LogP contribution in [0.2, 0.25) is 0 Å². The lowest BCUT2D eigenvalue weighted by Crippen LogP contribution is -2.52. The molecule has 2 atom stereocenters. The molecule has 1 saturated carbocycles. The molecule has 0 amide bonds. The summed E-state index contributed by atoms with van der Waals surface area (Å²) in [6.07, 6.45) is -0.734. The van der Waals surface area contributed by atoms with Gasteiger partial charge in [0.15, 0.2) is 0 Å². The molecule has 5 nitrogen and oxygen atoms in total. The molecule has 2 N–H and O–H groups in total. The number of carbonyl (C=O) groups excluding carboxylic acids is 1. The van der Waals surface area contributed by atoms with Gasteiger partial charge in [-0.3, -0.25) is 9.48 Å². The van der Waals surface area contributed by atoms with E-state index >= 15 is 0 Å². The predicted octanol–water partition coefficient (Wildman–Crippen LogP) is 1.89.